The first-order valence-electron chi connectivity index (χ1n) is 8.11. The highest BCUT2D eigenvalue weighted by molar-refractivity contribution is 7.17. The highest BCUT2D eigenvalue weighted by Crippen LogP contribution is 2.20. The number of anilines is 1. The van der Waals surface area contributed by atoms with Gasteiger partial charge in [0, 0.05) is 49.5 Å². The SMILES string of the molecule is Cc1cn2cc(C(=O)N3CCN(c4ccc([N+](=O)[O-])cn4)CC3)nc2s1. The van der Waals surface area contributed by atoms with Crippen molar-refractivity contribution in [1.29, 1.82) is 0 Å². The van der Waals surface area contributed by atoms with Gasteiger partial charge in [0.05, 0.1) is 4.92 Å². The summed E-state index contributed by atoms with van der Waals surface area (Å²) in [6.45, 7) is 4.37. The molecule has 0 N–H and O–H groups in total. The average Bonchev–Trinajstić information content (AvgIpc) is 3.19. The molecule has 0 saturated carbocycles. The molecule has 3 aromatic rings. The number of rotatable bonds is 3. The van der Waals surface area contributed by atoms with Crippen molar-refractivity contribution in [2.75, 3.05) is 31.1 Å². The van der Waals surface area contributed by atoms with Gasteiger partial charge >= 0.3 is 0 Å². The lowest BCUT2D eigenvalue weighted by atomic mass is 10.2. The lowest BCUT2D eigenvalue weighted by molar-refractivity contribution is -0.385. The number of pyridine rings is 1. The number of nitrogens with zero attached hydrogens (tertiary/aromatic N) is 6. The Morgan fingerprint density at radius 1 is 1.23 bits per heavy atom. The molecular weight excluding hydrogens is 356 g/mol. The zero-order chi connectivity index (χ0) is 18.3. The Morgan fingerprint density at radius 3 is 2.62 bits per heavy atom. The van der Waals surface area contributed by atoms with Gasteiger partial charge in [0.25, 0.3) is 11.6 Å². The number of hydrogen-bond donors (Lipinski definition) is 0. The number of aryl methyl sites for hydroxylation is 1. The number of nitro groups is 1. The molecule has 9 nitrogen and oxygen atoms in total. The molecule has 134 valence electrons. The average molecular weight is 372 g/mol. The maximum absolute atomic E-state index is 12.7. The van der Waals surface area contributed by atoms with Crippen molar-refractivity contribution in [2.24, 2.45) is 0 Å². The molecule has 0 spiro atoms. The van der Waals surface area contributed by atoms with E-state index in [2.05, 4.69) is 9.97 Å². The van der Waals surface area contributed by atoms with Gasteiger partial charge in [-0.1, -0.05) is 0 Å². The van der Waals surface area contributed by atoms with E-state index in [1.807, 2.05) is 22.4 Å². The quantitative estimate of drug-likeness (QED) is 0.515. The third-order valence-electron chi connectivity index (χ3n) is 4.32. The second-order valence-corrected chi connectivity index (χ2v) is 7.28. The van der Waals surface area contributed by atoms with Gasteiger partial charge in [0.1, 0.15) is 17.7 Å². The highest BCUT2D eigenvalue weighted by Gasteiger charge is 2.25. The number of fused-ring (bicyclic) bond motifs is 1. The number of amides is 1. The molecule has 26 heavy (non-hydrogen) atoms. The number of carbonyl (C=O) groups is 1. The molecule has 1 aliphatic heterocycles. The molecule has 0 bridgehead atoms. The predicted octanol–water partition coefficient (Wildman–Crippen LogP) is 1.97. The van der Waals surface area contributed by atoms with Gasteiger partial charge in [-0.25, -0.2) is 9.97 Å². The van der Waals surface area contributed by atoms with Crippen molar-refractivity contribution in [3.05, 3.63) is 51.4 Å². The molecule has 0 unspecified atom stereocenters. The third kappa shape index (κ3) is 2.99. The van der Waals surface area contributed by atoms with Crippen LogP contribution >= 0.6 is 11.3 Å². The molecular formula is C16H16N6O3S. The van der Waals surface area contributed by atoms with Gasteiger partial charge in [0.15, 0.2) is 4.96 Å². The van der Waals surface area contributed by atoms with Gasteiger partial charge < -0.3 is 9.80 Å². The number of carbonyl (C=O) groups excluding carboxylic acids is 1. The first-order valence-corrected chi connectivity index (χ1v) is 8.93. The normalized spacial score (nSPS) is 14.8. The Labute approximate surface area is 152 Å². The van der Waals surface area contributed by atoms with E-state index in [9.17, 15) is 14.9 Å². The number of piperazine rings is 1. The zero-order valence-electron chi connectivity index (χ0n) is 14.0. The van der Waals surface area contributed by atoms with Crippen LogP contribution in [-0.4, -0.2) is 56.3 Å². The molecule has 4 heterocycles. The van der Waals surface area contributed by atoms with Gasteiger partial charge in [-0.3, -0.25) is 19.3 Å². The smallest absolute Gasteiger partial charge is 0.287 e. The summed E-state index contributed by atoms with van der Waals surface area (Å²) < 4.78 is 1.88. The number of hydrogen-bond acceptors (Lipinski definition) is 7. The standard InChI is InChI=1S/C16H16N6O3S/c1-11-9-21-10-13(18-16(21)26-11)15(23)20-6-4-19(5-7-20)14-3-2-12(8-17-14)22(24)25/h2-3,8-10H,4-7H2,1H3. The van der Waals surface area contributed by atoms with Crippen LogP contribution in [0.15, 0.2) is 30.7 Å². The lowest BCUT2D eigenvalue weighted by Gasteiger charge is -2.35. The molecule has 0 aromatic carbocycles. The largest absolute Gasteiger partial charge is 0.353 e. The molecule has 0 aliphatic carbocycles. The summed E-state index contributed by atoms with van der Waals surface area (Å²) in [6, 6.07) is 3.08. The van der Waals surface area contributed by atoms with Crippen LogP contribution in [0.2, 0.25) is 0 Å². The van der Waals surface area contributed by atoms with E-state index in [0.29, 0.717) is 37.7 Å². The summed E-state index contributed by atoms with van der Waals surface area (Å²) >= 11 is 1.55. The lowest BCUT2D eigenvalue weighted by Crippen LogP contribution is -2.49. The van der Waals surface area contributed by atoms with Crippen molar-refractivity contribution in [3.8, 4) is 0 Å². The van der Waals surface area contributed by atoms with Crippen molar-refractivity contribution in [1.82, 2.24) is 19.3 Å². The maximum atomic E-state index is 12.7. The van der Waals surface area contributed by atoms with Gasteiger partial charge in [-0.2, -0.15) is 0 Å². The topological polar surface area (TPSA) is 96.9 Å². The summed E-state index contributed by atoms with van der Waals surface area (Å²) in [6.07, 6.45) is 4.99. The van der Waals surface area contributed by atoms with Gasteiger partial charge in [0.2, 0.25) is 0 Å². The van der Waals surface area contributed by atoms with Gasteiger partial charge in [-0.05, 0) is 13.0 Å². The van der Waals surface area contributed by atoms with Crippen LogP contribution in [0.3, 0.4) is 0 Å². The molecule has 10 heteroatoms. The van der Waals surface area contributed by atoms with E-state index in [-0.39, 0.29) is 11.6 Å². The first-order chi connectivity index (χ1) is 12.5. The van der Waals surface area contributed by atoms with Crippen molar-refractivity contribution in [3.63, 3.8) is 0 Å². The monoisotopic (exact) mass is 372 g/mol. The second-order valence-electron chi connectivity index (χ2n) is 6.07. The van der Waals surface area contributed by atoms with Crippen molar-refractivity contribution in [2.45, 2.75) is 6.92 Å². The van der Waals surface area contributed by atoms with Crippen LogP contribution in [0, 0.1) is 17.0 Å². The van der Waals surface area contributed by atoms with E-state index in [1.54, 1.807) is 28.5 Å². The summed E-state index contributed by atoms with van der Waals surface area (Å²) in [4.78, 5) is 37.2. The minimum absolute atomic E-state index is 0.0300. The molecule has 1 amide bonds. The molecule has 0 radical (unpaired) electrons. The Balaban J connectivity index is 1.41. The Bertz CT molecular complexity index is 940. The van der Waals surface area contributed by atoms with Crippen molar-refractivity contribution < 1.29 is 9.72 Å². The molecule has 0 atom stereocenters. The van der Waals surface area contributed by atoms with E-state index in [0.717, 1.165) is 9.84 Å². The molecule has 1 aliphatic rings. The van der Waals surface area contributed by atoms with Crippen LogP contribution in [-0.2, 0) is 0 Å². The van der Waals surface area contributed by atoms with Crippen LogP contribution in [0.5, 0.6) is 0 Å². The van der Waals surface area contributed by atoms with Crippen LogP contribution in [0.4, 0.5) is 11.5 Å². The van der Waals surface area contributed by atoms with Crippen LogP contribution in [0.25, 0.3) is 4.96 Å². The fraction of sp³-hybridized carbons (Fsp3) is 0.312. The van der Waals surface area contributed by atoms with Gasteiger partial charge in [-0.15, -0.1) is 11.3 Å². The van der Waals surface area contributed by atoms with E-state index in [4.69, 9.17) is 0 Å². The zero-order valence-corrected chi connectivity index (χ0v) is 14.8. The minimum Gasteiger partial charge on any atom is -0.353 e. The molecule has 1 fully saturated rings. The Kier molecular flexibility index (Phi) is 4.03. The first kappa shape index (κ1) is 16.5. The summed E-state index contributed by atoms with van der Waals surface area (Å²) in [7, 11) is 0. The summed E-state index contributed by atoms with van der Waals surface area (Å²) in [5, 5.41) is 10.7. The summed E-state index contributed by atoms with van der Waals surface area (Å²) in [5.41, 5.74) is 0.427. The fourth-order valence-electron chi connectivity index (χ4n) is 2.99. The molecule has 1 saturated heterocycles. The number of thiazole rings is 1. The van der Waals surface area contributed by atoms with E-state index < -0.39 is 4.92 Å². The minimum atomic E-state index is -0.468. The van der Waals surface area contributed by atoms with Crippen molar-refractivity contribution >= 4 is 33.7 Å². The predicted molar refractivity (Wildman–Crippen MR) is 96.8 cm³/mol. The Hall–Kier alpha value is -3.01. The van der Waals surface area contributed by atoms with Crippen LogP contribution < -0.4 is 4.90 Å². The van der Waals surface area contributed by atoms with Crippen LogP contribution in [0.1, 0.15) is 15.4 Å². The highest BCUT2D eigenvalue weighted by atomic mass is 32.1. The second kappa shape index (κ2) is 6.37. The maximum Gasteiger partial charge on any atom is 0.287 e. The third-order valence-corrected chi connectivity index (χ3v) is 5.24. The summed E-state index contributed by atoms with van der Waals surface area (Å²) in [5.74, 6) is 0.607. The fourth-order valence-corrected chi connectivity index (χ4v) is 3.80. The number of aromatic nitrogens is 3. The van der Waals surface area contributed by atoms with E-state index in [1.165, 1.54) is 12.3 Å². The molecule has 3 aromatic heterocycles. The Morgan fingerprint density at radius 2 is 2.00 bits per heavy atom. The molecule has 4 rings (SSSR count). The van der Waals surface area contributed by atoms with E-state index >= 15 is 0 Å². The number of imidazole rings is 1.